The van der Waals surface area contributed by atoms with Crippen LogP contribution in [0.15, 0.2) is 29.3 Å². The van der Waals surface area contributed by atoms with Gasteiger partial charge in [0.2, 0.25) is 0 Å². The third kappa shape index (κ3) is 8.69. The molecule has 0 amide bonds. The maximum absolute atomic E-state index is 5.48. The summed E-state index contributed by atoms with van der Waals surface area (Å²) < 4.78 is 5.48. The Labute approximate surface area is 199 Å². The van der Waals surface area contributed by atoms with Crippen LogP contribution < -0.4 is 10.6 Å². The number of rotatable bonds is 8. The summed E-state index contributed by atoms with van der Waals surface area (Å²) in [6.45, 7) is 15.2. The van der Waals surface area contributed by atoms with Gasteiger partial charge in [-0.3, -0.25) is 4.90 Å². The highest BCUT2D eigenvalue weighted by atomic mass is 127. The lowest BCUT2D eigenvalue weighted by Crippen LogP contribution is -2.43. The van der Waals surface area contributed by atoms with Crippen molar-refractivity contribution in [1.82, 2.24) is 20.4 Å². The average molecular weight is 530 g/mol. The van der Waals surface area contributed by atoms with Crippen LogP contribution in [-0.2, 0) is 17.8 Å². The van der Waals surface area contributed by atoms with Crippen LogP contribution in [0.2, 0.25) is 0 Å². The van der Waals surface area contributed by atoms with Gasteiger partial charge in [0.25, 0.3) is 0 Å². The highest BCUT2D eigenvalue weighted by Gasteiger charge is 2.15. The number of ether oxygens (including phenoxy) is 1. The van der Waals surface area contributed by atoms with E-state index in [4.69, 9.17) is 9.73 Å². The first-order chi connectivity index (χ1) is 14.2. The van der Waals surface area contributed by atoms with E-state index in [2.05, 4.69) is 58.5 Å². The molecule has 2 aliphatic rings. The molecule has 0 atom stereocenters. The Bertz CT molecular complexity index is 628. The molecule has 2 aliphatic heterocycles. The van der Waals surface area contributed by atoms with E-state index < -0.39 is 0 Å². The molecule has 0 saturated carbocycles. The van der Waals surface area contributed by atoms with Crippen LogP contribution in [0.4, 0.5) is 0 Å². The molecular weight excluding hydrogens is 489 g/mol. The second-order valence-corrected chi connectivity index (χ2v) is 8.30. The summed E-state index contributed by atoms with van der Waals surface area (Å²) in [4.78, 5) is 9.90. The van der Waals surface area contributed by atoms with Crippen LogP contribution in [0.25, 0.3) is 0 Å². The Morgan fingerprint density at radius 1 is 1.03 bits per heavy atom. The minimum Gasteiger partial charge on any atom is -0.379 e. The van der Waals surface area contributed by atoms with Crippen molar-refractivity contribution >= 4 is 29.9 Å². The molecule has 1 aromatic carbocycles. The zero-order valence-electron chi connectivity index (χ0n) is 18.7. The number of morpholine rings is 1. The molecule has 2 N–H and O–H groups in total. The van der Waals surface area contributed by atoms with Crippen molar-refractivity contribution in [1.29, 1.82) is 0 Å². The van der Waals surface area contributed by atoms with E-state index in [1.54, 1.807) is 0 Å². The number of benzene rings is 1. The lowest BCUT2D eigenvalue weighted by molar-refractivity contribution is 0.0341. The maximum Gasteiger partial charge on any atom is 0.191 e. The van der Waals surface area contributed by atoms with Gasteiger partial charge in [-0.2, -0.15) is 0 Å². The van der Waals surface area contributed by atoms with E-state index in [9.17, 15) is 0 Å². The predicted molar refractivity (Wildman–Crippen MR) is 136 cm³/mol. The molecule has 0 aromatic heterocycles. The minimum atomic E-state index is 0. The molecule has 0 bridgehead atoms. The summed E-state index contributed by atoms with van der Waals surface area (Å²) in [5, 5.41) is 6.91. The lowest BCUT2D eigenvalue weighted by atomic mass is 9.99. The number of nitrogens with zero attached hydrogens (tertiary/aromatic N) is 3. The molecule has 2 heterocycles. The number of guanidine groups is 1. The first kappa shape index (κ1) is 25.4. The zero-order chi connectivity index (χ0) is 20.3. The van der Waals surface area contributed by atoms with Crippen molar-refractivity contribution in [3.63, 3.8) is 0 Å². The number of nitrogens with one attached hydrogen (secondary N) is 2. The zero-order valence-corrected chi connectivity index (χ0v) is 21.1. The summed E-state index contributed by atoms with van der Waals surface area (Å²) >= 11 is 0. The number of hydrogen-bond donors (Lipinski definition) is 2. The van der Waals surface area contributed by atoms with Gasteiger partial charge in [0, 0.05) is 39.3 Å². The number of likely N-dealkylation sites (tertiary alicyclic amines) is 1. The number of aliphatic imine (C=N–C) groups is 1. The van der Waals surface area contributed by atoms with Crippen LogP contribution >= 0.6 is 24.0 Å². The van der Waals surface area contributed by atoms with E-state index in [0.29, 0.717) is 6.54 Å². The predicted octanol–water partition coefficient (Wildman–Crippen LogP) is 2.92. The van der Waals surface area contributed by atoms with Gasteiger partial charge < -0.3 is 20.3 Å². The van der Waals surface area contributed by atoms with Gasteiger partial charge in [-0.1, -0.05) is 31.2 Å². The van der Waals surface area contributed by atoms with Crippen LogP contribution in [-0.4, -0.2) is 74.8 Å². The Hall–Kier alpha value is -0.900. The molecule has 30 heavy (non-hydrogen) atoms. The van der Waals surface area contributed by atoms with Crippen molar-refractivity contribution in [2.24, 2.45) is 10.9 Å². The molecule has 0 spiro atoms. The Morgan fingerprint density at radius 2 is 1.73 bits per heavy atom. The summed E-state index contributed by atoms with van der Waals surface area (Å²) in [6, 6.07) is 8.69. The van der Waals surface area contributed by atoms with Crippen molar-refractivity contribution in [2.45, 2.75) is 39.8 Å². The monoisotopic (exact) mass is 529 g/mol. The summed E-state index contributed by atoms with van der Waals surface area (Å²) in [5.41, 5.74) is 2.68. The normalized spacial score (nSPS) is 19.3. The highest BCUT2D eigenvalue weighted by molar-refractivity contribution is 14.0. The van der Waals surface area contributed by atoms with Gasteiger partial charge >= 0.3 is 0 Å². The fourth-order valence-electron chi connectivity index (χ4n) is 3.99. The fourth-order valence-corrected chi connectivity index (χ4v) is 3.99. The highest BCUT2D eigenvalue weighted by Crippen LogP contribution is 2.15. The molecule has 3 rings (SSSR count). The molecule has 0 aliphatic carbocycles. The second-order valence-electron chi connectivity index (χ2n) is 8.30. The molecule has 7 heteroatoms. The smallest absolute Gasteiger partial charge is 0.191 e. The van der Waals surface area contributed by atoms with Crippen molar-refractivity contribution in [2.75, 3.05) is 59.0 Å². The SMILES string of the molecule is CCNC(=NCc1ccccc1CN1CCOCC1)NCCN1CCC(C)CC1.I. The van der Waals surface area contributed by atoms with Crippen molar-refractivity contribution in [3.8, 4) is 0 Å². The molecular formula is C23H40IN5O. The Kier molecular flexibility index (Phi) is 12.0. The third-order valence-electron chi connectivity index (χ3n) is 5.96. The fraction of sp³-hybridized carbons (Fsp3) is 0.696. The van der Waals surface area contributed by atoms with Crippen LogP contribution in [0.3, 0.4) is 0 Å². The van der Waals surface area contributed by atoms with E-state index in [-0.39, 0.29) is 24.0 Å². The summed E-state index contributed by atoms with van der Waals surface area (Å²) in [6.07, 6.45) is 2.65. The Morgan fingerprint density at radius 3 is 2.43 bits per heavy atom. The standard InChI is InChI=1S/C23H39N5O.HI/c1-3-24-23(25-10-13-27-11-8-20(2)9-12-27)26-18-21-6-4-5-7-22(21)19-28-14-16-29-17-15-28;/h4-7,20H,3,8-19H2,1-2H3,(H2,24,25,26);1H. The lowest BCUT2D eigenvalue weighted by Gasteiger charge is -2.30. The van der Waals surface area contributed by atoms with Gasteiger partial charge in [-0.25, -0.2) is 4.99 Å². The molecule has 1 aromatic rings. The second kappa shape index (κ2) is 14.2. The molecule has 0 radical (unpaired) electrons. The van der Waals surface area contributed by atoms with E-state index in [1.165, 1.54) is 37.1 Å². The first-order valence-electron chi connectivity index (χ1n) is 11.4. The molecule has 2 fully saturated rings. The van der Waals surface area contributed by atoms with Gasteiger partial charge in [0.1, 0.15) is 0 Å². The van der Waals surface area contributed by atoms with E-state index >= 15 is 0 Å². The maximum atomic E-state index is 5.48. The van der Waals surface area contributed by atoms with Gasteiger partial charge in [-0.05, 0) is 49.9 Å². The first-order valence-corrected chi connectivity index (χ1v) is 11.4. The molecule has 6 nitrogen and oxygen atoms in total. The van der Waals surface area contributed by atoms with Gasteiger partial charge in [0.05, 0.1) is 19.8 Å². The Balaban J connectivity index is 0.00000320. The van der Waals surface area contributed by atoms with Crippen LogP contribution in [0.5, 0.6) is 0 Å². The largest absolute Gasteiger partial charge is 0.379 e. The molecule has 0 unspecified atom stereocenters. The minimum absolute atomic E-state index is 0. The van der Waals surface area contributed by atoms with Crippen molar-refractivity contribution < 1.29 is 4.74 Å². The molecule has 2 saturated heterocycles. The average Bonchev–Trinajstić information content (AvgIpc) is 2.75. The quantitative estimate of drug-likeness (QED) is 0.308. The van der Waals surface area contributed by atoms with Crippen molar-refractivity contribution in [3.05, 3.63) is 35.4 Å². The van der Waals surface area contributed by atoms with Crippen LogP contribution in [0.1, 0.15) is 37.8 Å². The summed E-state index contributed by atoms with van der Waals surface area (Å²) in [5.74, 6) is 1.80. The van der Waals surface area contributed by atoms with Gasteiger partial charge in [-0.15, -0.1) is 24.0 Å². The number of hydrogen-bond acceptors (Lipinski definition) is 4. The van der Waals surface area contributed by atoms with Gasteiger partial charge in [0.15, 0.2) is 5.96 Å². The number of halogens is 1. The van der Waals surface area contributed by atoms with E-state index in [0.717, 1.165) is 64.4 Å². The third-order valence-corrected chi connectivity index (χ3v) is 5.96. The van der Waals surface area contributed by atoms with Crippen LogP contribution in [0, 0.1) is 5.92 Å². The number of piperidine rings is 1. The topological polar surface area (TPSA) is 52.1 Å². The van der Waals surface area contributed by atoms with E-state index in [1.807, 2.05) is 0 Å². The molecule has 170 valence electrons. The summed E-state index contributed by atoms with van der Waals surface area (Å²) in [7, 11) is 0.